The van der Waals surface area contributed by atoms with Crippen molar-refractivity contribution >= 4 is 12.0 Å². The lowest BCUT2D eigenvalue weighted by molar-refractivity contribution is -0.139. The van der Waals surface area contributed by atoms with Gasteiger partial charge in [0.1, 0.15) is 5.82 Å². The fourth-order valence-corrected chi connectivity index (χ4v) is 1.79. The molecule has 1 atom stereocenters. The van der Waals surface area contributed by atoms with Gasteiger partial charge in [-0.05, 0) is 0 Å². The fraction of sp³-hybridized carbons (Fsp3) is 0.333. The van der Waals surface area contributed by atoms with Gasteiger partial charge in [-0.15, -0.1) is 0 Å². The van der Waals surface area contributed by atoms with E-state index in [0.29, 0.717) is 11.4 Å². The van der Waals surface area contributed by atoms with Crippen molar-refractivity contribution in [2.24, 2.45) is 14.1 Å². The lowest BCUT2D eigenvalue weighted by Crippen LogP contribution is -2.40. The molecule has 21 heavy (non-hydrogen) atoms. The summed E-state index contributed by atoms with van der Waals surface area (Å²) in [4.78, 5) is 27.1. The van der Waals surface area contributed by atoms with Crippen LogP contribution in [0.5, 0.6) is 0 Å². The average molecular weight is 292 g/mol. The quantitative estimate of drug-likeness (QED) is 0.705. The fourth-order valence-electron chi connectivity index (χ4n) is 1.79. The van der Waals surface area contributed by atoms with Gasteiger partial charge in [-0.1, -0.05) is 0 Å². The molecule has 0 fully saturated rings. The summed E-state index contributed by atoms with van der Waals surface area (Å²) in [5, 5.41) is 18.0. The molecular weight excluding hydrogens is 276 g/mol. The van der Waals surface area contributed by atoms with Crippen LogP contribution in [0.15, 0.2) is 24.8 Å². The maximum absolute atomic E-state index is 11.8. The number of carbonyl (C=O) groups is 2. The molecule has 0 saturated carbocycles. The number of imidazole rings is 1. The topological polar surface area (TPSA) is 114 Å². The molecule has 2 rings (SSSR count). The Morgan fingerprint density at radius 2 is 2.19 bits per heavy atom. The molecule has 0 aliphatic heterocycles. The highest BCUT2D eigenvalue weighted by molar-refractivity contribution is 5.83. The van der Waals surface area contributed by atoms with Gasteiger partial charge in [0.15, 0.2) is 6.04 Å². The van der Waals surface area contributed by atoms with Crippen LogP contribution in [0.1, 0.15) is 17.4 Å². The van der Waals surface area contributed by atoms with Gasteiger partial charge in [0, 0.05) is 38.2 Å². The average Bonchev–Trinajstić information content (AvgIpc) is 3.02. The number of carbonyl (C=O) groups excluding carboxylic acids is 1. The summed E-state index contributed by atoms with van der Waals surface area (Å²) in [5.41, 5.74) is 0.400. The Kier molecular flexibility index (Phi) is 4.21. The SMILES string of the molecule is Cn1cc(C(NC(=O)NCc2nccn2C)C(=O)O)cn1. The molecule has 2 aromatic heterocycles. The van der Waals surface area contributed by atoms with E-state index in [1.54, 1.807) is 31.1 Å². The predicted octanol–water partition coefficient (Wildman–Crippen LogP) is -0.221. The number of hydrogen-bond acceptors (Lipinski definition) is 4. The molecule has 0 spiro atoms. The van der Waals surface area contributed by atoms with Crippen molar-refractivity contribution in [1.29, 1.82) is 0 Å². The van der Waals surface area contributed by atoms with Crippen molar-refractivity contribution in [3.63, 3.8) is 0 Å². The lowest BCUT2D eigenvalue weighted by atomic mass is 10.1. The molecule has 0 saturated heterocycles. The van der Waals surface area contributed by atoms with Crippen molar-refractivity contribution in [1.82, 2.24) is 30.0 Å². The summed E-state index contributed by atoms with van der Waals surface area (Å²) in [6.07, 6.45) is 6.31. The first-order valence-electron chi connectivity index (χ1n) is 6.19. The lowest BCUT2D eigenvalue weighted by Gasteiger charge is -2.13. The van der Waals surface area contributed by atoms with Crippen LogP contribution >= 0.6 is 0 Å². The first-order valence-corrected chi connectivity index (χ1v) is 6.19. The zero-order valence-electron chi connectivity index (χ0n) is 11.6. The van der Waals surface area contributed by atoms with Gasteiger partial charge >= 0.3 is 12.0 Å². The van der Waals surface area contributed by atoms with E-state index >= 15 is 0 Å². The normalized spacial score (nSPS) is 11.9. The first kappa shape index (κ1) is 14.6. The summed E-state index contributed by atoms with van der Waals surface area (Å²) in [6.45, 7) is 0.203. The maximum Gasteiger partial charge on any atom is 0.331 e. The Labute approximate surface area is 120 Å². The summed E-state index contributed by atoms with van der Waals surface area (Å²) < 4.78 is 3.23. The summed E-state index contributed by atoms with van der Waals surface area (Å²) in [5.74, 6) is -0.492. The van der Waals surface area contributed by atoms with E-state index in [9.17, 15) is 14.7 Å². The van der Waals surface area contributed by atoms with Crippen molar-refractivity contribution in [3.8, 4) is 0 Å². The van der Waals surface area contributed by atoms with E-state index in [4.69, 9.17) is 0 Å². The Balaban J connectivity index is 1.96. The largest absolute Gasteiger partial charge is 0.479 e. The second-order valence-corrected chi connectivity index (χ2v) is 4.50. The summed E-state index contributed by atoms with van der Waals surface area (Å²) >= 11 is 0. The number of carboxylic acids is 1. The van der Waals surface area contributed by atoms with Crippen LogP contribution in [-0.4, -0.2) is 36.4 Å². The van der Waals surface area contributed by atoms with Crippen molar-refractivity contribution in [3.05, 3.63) is 36.2 Å². The van der Waals surface area contributed by atoms with Crippen LogP contribution in [0, 0.1) is 0 Å². The molecule has 2 heterocycles. The summed E-state index contributed by atoms with van der Waals surface area (Å²) in [7, 11) is 3.47. The minimum absolute atomic E-state index is 0.203. The molecule has 2 amide bonds. The van der Waals surface area contributed by atoms with Gasteiger partial charge in [-0.3, -0.25) is 4.68 Å². The summed E-state index contributed by atoms with van der Waals surface area (Å²) in [6, 6.07) is -1.74. The Morgan fingerprint density at radius 3 is 2.71 bits per heavy atom. The predicted molar refractivity (Wildman–Crippen MR) is 72.2 cm³/mol. The molecule has 9 nitrogen and oxygen atoms in total. The van der Waals surface area contributed by atoms with E-state index in [-0.39, 0.29) is 6.54 Å². The molecule has 0 aliphatic rings. The minimum atomic E-state index is -1.16. The molecule has 112 valence electrons. The number of aliphatic carboxylic acids is 1. The molecule has 0 radical (unpaired) electrons. The van der Waals surface area contributed by atoms with Gasteiger partial charge in [-0.2, -0.15) is 5.10 Å². The first-order chi connectivity index (χ1) is 9.97. The molecule has 2 aromatic rings. The third kappa shape index (κ3) is 3.59. The molecule has 3 N–H and O–H groups in total. The zero-order valence-corrected chi connectivity index (χ0v) is 11.6. The highest BCUT2D eigenvalue weighted by Gasteiger charge is 2.23. The van der Waals surface area contributed by atoms with Crippen LogP contribution in [0.25, 0.3) is 0 Å². The number of carboxylic acid groups (broad SMARTS) is 1. The van der Waals surface area contributed by atoms with Crippen LogP contribution in [0.4, 0.5) is 4.79 Å². The van der Waals surface area contributed by atoms with Crippen molar-refractivity contribution in [2.75, 3.05) is 0 Å². The molecule has 0 bridgehead atoms. The number of urea groups is 1. The number of hydrogen-bond donors (Lipinski definition) is 3. The highest BCUT2D eigenvalue weighted by atomic mass is 16.4. The number of aryl methyl sites for hydroxylation is 2. The van der Waals surface area contributed by atoms with Gasteiger partial charge in [0.25, 0.3) is 0 Å². The molecule has 0 aromatic carbocycles. The third-order valence-corrected chi connectivity index (χ3v) is 2.91. The standard InChI is InChI=1S/C12H16N6O3/c1-17-4-3-13-9(17)6-14-12(21)16-10(11(19)20)8-5-15-18(2)7-8/h3-5,7,10H,6H2,1-2H3,(H,19,20)(H2,14,16,21). The maximum atomic E-state index is 11.8. The van der Waals surface area contributed by atoms with Crippen LogP contribution < -0.4 is 10.6 Å². The Hall–Kier alpha value is -2.84. The van der Waals surface area contributed by atoms with Crippen LogP contribution in [-0.2, 0) is 25.4 Å². The number of rotatable bonds is 5. The number of nitrogens with one attached hydrogen (secondary N) is 2. The second-order valence-electron chi connectivity index (χ2n) is 4.50. The Morgan fingerprint density at radius 1 is 1.43 bits per heavy atom. The number of amides is 2. The van der Waals surface area contributed by atoms with Crippen molar-refractivity contribution < 1.29 is 14.7 Å². The highest BCUT2D eigenvalue weighted by Crippen LogP contribution is 2.11. The zero-order chi connectivity index (χ0) is 15.4. The molecular formula is C12H16N6O3. The molecule has 9 heteroatoms. The van der Waals surface area contributed by atoms with E-state index in [1.807, 2.05) is 0 Å². The Bertz CT molecular complexity index is 647. The van der Waals surface area contributed by atoms with Gasteiger partial charge < -0.3 is 20.3 Å². The van der Waals surface area contributed by atoms with E-state index in [0.717, 1.165) is 0 Å². The van der Waals surface area contributed by atoms with Gasteiger partial charge in [0.2, 0.25) is 0 Å². The van der Waals surface area contributed by atoms with E-state index in [2.05, 4.69) is 20.7 Å². The molecule has 0 aliphatic carbocycles. The smallest absolute Gasteiger partial charge is 0.331 e. The minimum Gasteiger partial charge on any atom is -0.479 e. The van der Waals surface area contributed by atoms with E-state index in [1.165, 1.54) is 17.1 Å². The van der Waals surface area contributed by atoms with Gasteiger partial charge in [-0.25, -0.2) is 14.6 Å². The van der Waals surface area contributed by atoms with Crippen LogP contribution in [0.3, 0.4) is 0 Å². The van der Waals surface area contributed by atoms with Crippen molar-refractivity contribution in [2.45, 2.75) is 12.6 Å². The molecule has 1 unspecified atom stereocenters. The number of aromatic nitrogens is 4. The third-order valence-electron chi connectivity index (χ3n) is 2.91. The van der Waals surface area contributed by atoms with Crippen LogP contribution in [0.2, 0.25) is 0 Å². The van der Waals surface area contributed by atoms with Gasteiger partial charge in [0.05, 0.1) is 12.7 Å². The second kappa shape index (κ2) is 6.07. The van der Waals surface area contributed by atoms with E-state index < -0.39 is 18.0 Å². The monoisotopic (exact) mass is 292 g/mol. The number of nitrogens with zero attached hydrogens (tertiary/aromatic N) is 4.